The van der Waals surface area contributed by atoms with Gasteiger partial charge in [-0.2, -0.15) is 4.98 Å². The molecule has 6 heteroatoms. The van der Waals surface area contributed by atoms with Crippen LogP contribution in [0.5, 0.6) is 11.6 Å². The topological polar surface area (TPSA) is 48.1 Å². The van der Waals surface area contributed by atoms with E-state index in [1.54, 1.807) is 0 Å². The lowest BCUT2D eigenvalue weighted by Crippen LogP contribution is -2.00. The van der Waals surface area contributed by atoms with Gasteiger partial charge < -0.3 is 10.5 Å². The number of para-hydroxylation sites is 1. The standard InChI is InChI=1S/C11H7F3N2O/c12-6-3-1-2-4-9(6)17-11-8(14)5-7(13)10(15)16-11/h1-5H,(H2,15,16). The van der Waals surface area contributed by atoms with Crippen LogP contribution in [-0.2, 0) is 0 Å². The third-order valence-electron chi connectivity index (χ3n) is 1.97. The quantitative estimate of drug-likeness (QED) is 0.877. The minimum atomic E-state index is -1.06. The van der Waals surface area contributed by atoms with E-state index in [1.807, 2.05) is 0 Å². The minimum Gasteiger partial charge on any atom is -0.433 e. The van der Waals surface area contributed by atoms with Crippen molar-refractivity contribution in [2.45, 2.75) is 0 Å². The van der Waals surface area contributed by atoms with E-state index in [4.69, 9.17) is 10.5 Å². The highest BCUT2D eigenvalue weighted by molar-refractivity contribution is 5.37. The lowest BCUT2D eigenvalue weighted by Gasteiger charge is -2.07. The molecule has 0 spiro atoms. The van der Waals surface area contributed by atoms with Crippen molar-refractivity contribution in [3.8, 4) is 11.6 Å². The summed E-state index contributed by atoms with van der Waals surface area (Å²) in [6, 6.07) is 5.91. The summed E-state index contributed by atoms with van der Waals surface area (Å²) in [5.74, 6) is -4.04. The number of halogens is 3. The van der Waals surface area contributed by atoms with Gasteiger partial charge in [0.25, 0.3) is 5.88 Å². The number of hydrogen-bond donors (Lipinski definition) is 1. The highest BCUT2D eigenvalue weighted by Gasteiger charge is 2.13. The first kappa shape index (κ1) is 11.3. The molecule has 0 unspecified atom stereocenters. The van der Waals surface area contributed by atoms with E-state index in [0.717, 1.165) is 6.07 Å². The van der Waals surface area contributed by atoms with E-state index >= 15 is 0 Å². The molecule has 0 aliphatic carbocycles. The number of aromatic nitrogens is 1. The predicted molar refractivity (Wildman–Crippen MR) is 55.0 cm³/mol. The van der Waals surface area contributed by atoms with Gasteiger partial charge in [0.15, 0.2) is 29.0 Å². The van der Waals surface area contributed by atoms with Crippen LogP contribution in [0.3, 0.4) is 0 Å². The number of anilines is 1. The first-order valence-corrected chi connectivity index (χ1v) is 4.62. The maximum atomic E-state index is 13.2. The molecule has 0 aliphatic rings. The summed E-state index contributed by atoms with van der Waals surface area (Å²) in [6.45, 7) is 0. The van der Waals surface area contributed by atoms with Crippen molar-refractivity contribution in [2.75, 3.05) is 5.73 Å². The molecule has 0 atom stereocenters. The maximum Gasteiger partial charge on any atom is 0.258 e. The number of ether oxygens (including phenoxy) is 1. The number of nitrogens with two attached hydrogens (primary N) is 1. The third kappa shape index (κ3) is 2.30. The lowest BCUT2D eigenvalue weighted by molar-refractivity contribution is 0.395. The van der Waals surface area contributed by atoms with Crippen LogP contribution in [0.2, 0.25) is 0 Å². The number of nitrogens with zero attached hydrogens (tertiary/aromatic N) is 1. The summed E-state index contributed by atoms with van der Waals surface area (Å²) in [7, 11) is 0. The van der Waals surface area contributed by atoms with Crippen molar-refractivity contribution < 1.29 is 17.9 Å². The average molecular weight is 240 g/mol. The van der Waals surface area contributed by atoms with Crippen LogP contribution in [-0.4, -0.2) is 4.98 Å². The maximum absolute atomic E-state index is 13.2. The van der Waals surface area contributed by atoms with Crippen molar-refractivity contribution in [1.82, 2.24) is 4.98 Å². The molecule has 2 rings (SSSR count). The number of benzene rings is 1. The van der Waals surface area contributed by atoms with Gasteiger partial charge in [-0.05, 0) is 12.1 Å². The zero-order chi connectivity index (χ0) is 12.4. The monoisotopic (exact) mass is 240 g/mol. The largest absolute Gasteiger partial charge is 0.433 e. The Kier molecular flexibility index (Phi) is 2.86. The van der Waals surface area contributed by atoms with Crippen LogP contribution in [0.15, 0.2) is 30.3 Å². The Morgan fingerprint density at radius 3 is 2.41 bits per heavy atom. The van der Waals surface area contributed by atoms with Crippen LogP contribution in [0.25, 0.3) is 0 Å². The Bertz CT molecular complexity index is 560. The van der Waals surface area contributed by atoms with Gasteiger partial charge >= 0.3 is 0 Å². The van der Waals surface area contributed by atoms with Crippen LogP contribution < -0.4 is 10.5 Å². The zero-order valence-electron chi connectivity index (χ0n) is 8.45. The van der Waals surface area contributed by atoms with E-state index in [-0.39, 0.29) is 5.75 Å². The smallest absolute Gasteiger partial charge is 0.258 e. The second kappa shape index (κ2) is 4.32. The highest BCUT2D eigenvalue weighted by Crippen LogP contribution is 2.26. The molecule has 1 aromatic heterocycles. The van der Waals surface area contributed by atoms with Gasteiger partial charge in [0, 0.05) is 6.07 Å². The van der Waals surface area contributed by atoms with Crippen molar-refractivity contribution in [2.24, 2.45) is 0 Å². The van der Waals surface area contributed by atoms with Gasteiger partial charge in [-0.15, -0.1) is 0 Å². The Labute approximate surface area is 94.7 Å². The fraction of sp³-hybridized carbons (Fsp3) is 0. The van der Waals surface area contributed by atoms with Crippen molar-refractivity contribution in [3.63, 3.8) is 0 Å². The first-order chi connectivity index (χ1) is 8.08. The molecule has 0 fully saturated rings. The summed E-state index contributed by atoms with van der Waals surface area (Å²) in [6.07, 6.45) is 0. The molecule has 0 saturated heterocycles. The van der Waals surface area contributed by atoms with E-state index in [1.165, 1.54) is 18.2 Å². The van der Waals surface area contributed by atoms with Crippen molar-refractivity contribution in [3.05, 3.63) is 47.8 Å². The summed E-state index contributed by atoms with van der Waals surface area (Å²) in [4.78, 5) is 3.35. The molecule has 1 heterocycles. The minimum absolute atomic E-state index is 0.218. The van der Waals surface area contributed by atoms with Gasteiger partial charge in [-0.1, -0.05) is 12.1 Å². The van der Waals surface area contributed by atoms with Gasteiger partial charge in [0.2, 0.25) is 0 Å². The van der Waals surface area contributed by atoms with Crippen LogP contribution >= 0.6 is 0 Å². The van der Waals surface area contributed by atoms with Crippen LogP contribution in [0.1, 0.15) is 0 Å². The summed E-state index contributed by atoms with van der Waals surface area (Å²) < 4.78 is 44.1. The molecule has 88 valence electrons. The summed E-state index contributed by atoms with van der Waals surface area (Å²) in [5, 5.41) is 0. The number of hydrogen-bond acceptors (Lipinski definition) is 3. The van der Waals surface area contributed by atoms with E-state index in [0.29, 0.717) is 6.07 Å². The lowest BCUT2D eigenvalue weighted by atomic mass is 10.3. The van der Waals surface area contributed by atoms with Gasteiger partial charge in [0.1, 0.15) is 0 Å². The number of rotatable bonds is 2. The average Bonchev–Trinajstić information content (AvgIpc) is 2.29. The molecule has 0 radical (unpaired) electrons. The molecular weight excluding hydrogens is 233 g/mol. The Balaban J connectivity index is 2.37. The molecule has 0 amide bonds. The van der Waals surface area contributed by atoms with Crippen molar-refractivity contribution >= 4 is 5.82 Å². The second-order valence-electron chi connectivity index (χ2n) is 3.17. The van der Waals surface area contributed by atoms with E-state index in [2.05, 4.69) is 4.98 Å². The summed E-state index contributed by atoms with van der Waals surface area (Å²) in [5.41, 5.74) is 5.15. The van der Waals surface area contributed by atoms with Crippen LogP contribution in [0, 0.1) is 17.5 Å². The molecule has 0 bridgehead atoms. The molecule has 2 N–H and O–H groups in total. The Morgan fingerprint density at radius 1 is 1.00 bits per heavy atom. The SMILES string of the molecule is Nc1nc(Oc2ccccc2F)c(F)cc1F. The third-order valence-corrected chi connectivity index (χ3v) is 1.97. The van der Waals surface area contributed by atoms with Gasteiger partial charge in [-0.25, -0.2) is 13.2 Å². The van der Waals surface area contributed by atoms with E-state index in [9.17, 15) is 13.2 Å². The Hall–Kier alpha value is -2.24. The fourth-order valence-electron chi connectivity index (χ4n) is 1.17. The molecule has 0 aliphatic heterocycles. The fourth-order valence-corrected chi connectivity index (χ4v) is 1.17. The molecule has 2 aromatic rings. The second-order valence-corrected chi connectivity index (χ2v) is 3.17. The zero-order valence-corrected chi connectivity index (χ0v) is 8.45. The first-order valence-electron chi connectivity index (χ1n) is 4.62. The molecule has 0 saturated carbocycles. The number of nitrogen functional groups attached to an aromatic ring is 1. The summed E-state index contributed by atoms with van der Waals surface area (Å²) >= 11 is 0. The normalized spacial score (nSPS) is 10.3. The van der Waals surface area contributed by atoms with Gasteiger partial charge in [-0.3, -0.25) is 0 Å². The Morgan fingerprint density at radius 2 is 1.71 bits per heavy atom. The molecule has 17 heavy (non-hydrogen) atoms. The van der Waals surface area contributed by atoms with Crippen LogP contribution in [0.4, 0.5) is 19.0 Å². The van der Waals surface area contributed by atoms with E-state index < -0.39 is 29.1 Å². The highest BCUT2D eigenvalue weighted by atomic mass is 19.1. The number of pyridine rings is 1. The molecule has 3 nitrogen and oxygen atoms in total. The predicted octanol–water partition coefficient (Wildman–Crippen LogP) is 2.87. The molecular formula is C11H7F3N2O. The van der Waals surface area contributed by atoms with Gasteiger partial charge in [0.05, 0.1) is 0 Å². The van der Waals surface area contributed by atoms with Crippen molar-refractivity contribution in [1.29, 1.82) is 0 Å². The molecule has 1 aromatic carbocycles.